The second-order valence-corrected chi connectivity index (χ2v) is 3.28. The molecule has 0 aliphatic carbocycles. The molecule has 1 aromatic heterocycles. The highest BCUT2D eigenvalue weighted by atomic mass is 127. The molecule has 16 heavy (non-hydrogen) atoms. The van der Waals surface area contributed by atoms with Crippen molar-refractivity contribution >= 4 is 29.9 Å². The van der Waals surface area contributed by atoms with Crippen molar-refractivity contribution < 1.29 is 9.15 Å². The Morgan fingerprint density at radius 2 is 2.44 bits per heavy atom. The molecule has 92 valence electrons. The smallest absolute Gasteiger partial charge is 0.189 e. The molecule has 1 aromatic rings. The zero-order valence-corrected chi connectivity index (χ0v) is 11.8. The van der Waals surface area contributed by atoms with Gasteiger partial charge < -0.3 is 20.2 Å². The van der Waals surface area contributed by atoms with Gasteiger partial charge in [0.05, 0.1) is 12.9 Å². The van der Waals surface area contributed by atoms with Gasteiger partial charge in [0.15, 0.2) is 5.96 Å². The molecule has 0 aliphatic heterocycles. The lowest BCUT2D eigenvalue weighted by atomic mass is 10.4. The third-order valence-corrected chi connectivity index (χ3v) is 1.80. The first-order chi connectivity index (χ1) is 7.22. The van der Waals surface area contributed by atoms with E-state index in [-0.39, 0.29) is 30.0 Å². The molecule has 0 fully saturated rings. The number of aliphatic imine (C=N–C) groups is 1. The Morgan fingerprint density at radius 3 is 3.00 bits per heavy atom. The van der Waals surface area contributed by atoms with Crippen LogP contribution in [0.2, 0.25) is 0 Å². The summed E-state index contributed by atoms with van der Waals surface area (Å²) >= 11 is 0. The van der Waals surface area contributed by atoms with E-state index >= 15 is 0 Å². The molecular weight excluding hydrogens is 321 g/mol. The van der Waals surface area contributed by atoms with Crippen LogP contribution in [0.1, 0.15) is 12.7 Å². The van der Waals surface area contributed by atoms with E-state index in [9.17, 15) is 0 Å². The molecule has 1 rings (SSSR count). The number of nitrogens with two attached hydrogens (primary N) is 1. The van der Waals surface area contributed by atoms with E-state index in [0.29, 0.717) is 19.1 Å². The van der Waals surface area contributed by atoms with Gasteiger partial charge in [-0.25, -0.2) is 4.99 Å². The van der Waals surface area contributed by atoms with Crippen LogP contribution in [-0.4, -0.2) is 25.7 Å². The van der Waals surface area contributed by atoms with Gasteiger partial charge in [0.25, 0.3) is 0 Å². The van der Waals surface area contributed by atoms with E-state index in [1.54, 1.807) is 13.4 Å². The predicted octanol–water partition coefficient (Wildman–Crippen LogP) is 1.34. The summed E-state index contributed by atoms with van der Waals surface area (Å²) in [5.41, 5.74) is 5.66. The summed E-state index contributed by atoms with van der Waals surface area (Å²) in [6.07, 6.45) is 1.61. The van der Waals surface area contributed by atoms with E-state index in [1.165, 1.54) is 0 Å². The Kier molecular flexibility index (Phi) is 8.00. The van der Waals surface area contributed by atoms with Crippen LogP contribution in [0.4, 0.5) is 0 Å². The van der Waals surface area contributed by atoms with Gasteiger partial charge in [0.1, 0.15) is 12.3 Å². The van der Waals surface area contributed by atoms with Crippen LogP contribution < -0.4 is 11.1 Å². The Hall–Kier alpha value is -0.760. The standard InChI is InChI=1S/C10H17N3O2.HI/c1-8(7-14-2)13-10(11)12-6-9-4-3-5-15-9;/h3-5,8H,6-7H2,1-2H3,(H3,11,12,13);1H. The van der Waals surface area contributed by atoms with Gasteiger partial charge in [0.2, 0.25) is 0 Å². The lowest BCUT2D eigenvalue weighted by molar-refractivity contribution is 0.179. The third kappa shape index (κ3) is 5.96. The fourth-order valence-corrected chi connectivity index (χ4v) is 1.16. The van der Waals surface area contributed by atoms with Crippen molar-refractivity contribution in [1.82, 2.24) is 5.32 Å². The number of rotatable bonds is 5. The average molecular weight is 339 g/mol. The lowest BCUT2D eigenvalue weighted by Gasteiger charge is -2.12. The molecule has 1 atom stereocenters. The van der Waals surface area contributed by atoms with Crippen molar-refractivity contribution in [3.63, 3.8) is 0 Å². The van der Waals surface area contributed by atoms with E-state index in [4.69, 9.17) is 14.9 Å². The SMILES string of the molecule is COCC(C)NC(N)=NCc1ccco1.I. The Morgan fingerprint density at radius 1 is 1.69 bits per heavy atom. The Labute approximate surface area is 112 Å². The summed E-state index contributed by atoms with van der Waals surface area (Å²) < 4.78 is 10.1. The average Bonchev–Trinajstić information content (AvgIpc) is 2.67. The highest BCUT2D eigenvalue weighted by molar-refractivity contribution is 14.0. The Bertz CT molecular complexity index is 301. The molecule has 1 heterocycles. The molecular formula is C10H18IN3O2. The van der Waals surface area contributed by atoms with Crippen LogP contribution in [0, 0.1) is 0 Å². The monoisotopic (exact) mass is 339 g/mol. The first-order valence-electron chi connectivity index (χ1n) is 4.80. The minimum absolute atomic E-state index is 0. The number of halogens is 1. The number of methoxy groups -OCH3 is 1. The molecule has 6 heteroatoms. The minimum atomic E-state index is 0. The predicted molar refractivity (Wildman–Crippen MR) is 73.9 cm³/mol. The highest BCUT2D eigenvalue weighted by Crippen LogP contribution is 2.00. The molecule has 0 amide bonds. The molecule has 0 radical (unpaired) electrons. The summed E-state index contributed by atoms with van der Waals surface area (Å²) in [6.45, 7) is 3.02. The maximum absolute atomic E-state index is 5.66. The summed E-state index contributed by atoms with van der Waals surface area (Å²) in [6, 6.07) is 3.83. The lowest BCUT2D eigenvalue weighted by Crippen LogP contribution is -2.40. The number of hydrogen-bond donors (Lipinski definition) is 2. The van der Waals surface area contributed by atoms with E-state index in [0.717, 1.165) is 5.76 Å². The summed E-state index contributed by atoms with van der Waals surface area (Å²) in [5.74, 6) is 1.19. The van der Waals surface area contributed by atoms with Crippen molar-refractivity contribution in [2.75, 3.05) is 13.7 Å². The molecule has 0 spiro atoms. The molecule has 0 bridgehead atoms. The first-order valence-corrected chi connectivity index (χ1v) is 4.80. The zero-order chi connectivity index (χ0) is 11.1. The highest BCUT2D eigenvalue weighted by Gasteiger charge is 2.01. The quantitative estimate of drug-likeness (QED) is 0.482. The van der Waals surface area contributed by atoms with Gasteiger partial charge in [-0.15, -0.1) is 24.0 Å². The maximum Gasteiger partial charge on any atom is 0.189 e. The molecule has 5 nitrogen and oxygen atoms in total. The van der Waals surface area contributed by atoms with Crippen molar-refractivity contribution in [3.05, 3.63) is 24.2 Å². The minimum Gasteiger partial charge on any atom is -0.467 e. The number of guanidine groups is 1. The van der Waals surface area contributed by atoms with Crippen LogP contribution in [0.3, 0.4) is 0 Å². The van der Waals surface area contributed by atoms with E-state index in [2.05, 4.69) is 10.3 Å². The maximum atomic E-state index is 5.66. The number of hydrogen-bond acceptors (Lipinski definition) is 3. The van der Waals surface area contributed by atoms with E-state index < -0.39 is 0 Å². The van der Waals surface area contributed by atoms with Crippen molar-refractivity contribution in [2.45, 2.75) is 19.5 Å². The van der Waals surface area contributed by atoms with Gasteiger partial charge in [-0.05, 0) is 19.1 Å². The molecule has 0 aromatic carbocycles. The normalized spacial score (nSPS) is 13.0. The zero-order valence-electron chi connectivity index (χ0n) is 9.47. The van der Waals surface area contributed by atoms with Crippen molar-refractivity contribution in [2.24, 2.45) is 10.7 Å². The van der Waals surface area contributed by atoms with Crippen molar-refractivity contribution in [1.29, 1.82) is 0 Å². The van der Waals surface area contributed by atoms with Gasteiger partial charge >= 0.3 is 0 Å². The first kappa shape index (κ1) is 15.2. The fraction of sp³-hybridized carbons (Fsp3) is 0.500. The van der Waals surface area contributed by atoms with Crippen LogP contribution in [-0.2, 0) is 11.3 Å². The summed E-state index contributed by atoms with van der Waals surface area (Å²) in [4.78, 5) is 4.12. The van der Waals surface area contributed by atoms with E-state index in [1.807, 2.05) is 19.1 Å². The third-order valence-electron chi connectivity index (χ3n) is 1.80. The molecule has 3 N–H and O–H groups in total. The fourth-order valence-electron chi connectivity index (χ4n) is 1.16. The second-order valence-electron chi connectivity index (χ2n) is 3.28. The topological polar surface area (TPSA) is 72.8 Å². The number of furan rings is 1. The summed E-state index contributed by atoms with van der Waals surface area (Å²) in [7, 11) is 1.65. The van der Waals surface area contributed by atoms with Crippen LogP contribution >= 0.6 is 24.0 Å². The van der Waals surface area contributed by atoms with Crippen LogP contribution in [0.25, 0.3) is 0 Å². The Balaban J connectivity index is 0.00000225. The number of nitrogens with zero attached hydrogens (tertiary/aromatic N) is 1. The largest absolute Gasteiger partial charge is 0.467 e. The van der Waals surface area contributed by atoms with Gasteiger partial charge in [-0.2, -0.15) is 0 Å². The number of ether oxygens (including phenoxy) is 1. The van der Waals surface area contributed by atoms with Gasteiger partial charge in [-0.3, -0.25) is 0 Å². The van der Waals surface area contributed by atoms with Crippen LogP contribution in [0.5, 0.6) is 0 Å². The van der Waals surface area contributed by atoms with Crippen molar-refractivity contribution in [3.8, 4) is 0 Å². The van der Waals surface area contributed by atoms with Gasteiger partial charge in [-0.1, -0.05) is 0 Å². The molecule has 0 saturated heterocycles. The van der Waals surface area contributed by atoms with Gasteiger partial charge in [0, 0.05) is 13.2 Å². The number of nitrogens with one attached hydrogen (secondary N) is 1. The summed E-state index contributed by atoms with van der Waals surface area (Å²) in [5, 5.41) is 3.00. The molecule has 0 aliphatic rings. The molecule has 1 unspecified atom stereocenters. The second kappa shape index (κ2) is 8.40. The van der Waals surface area contributed by atoms with Crippen LogP contribution in [0.15, 0.2) is 27.8 Å². The molecule has 0 saturated carbocycles.